The molecule has 2 heterocycles. The van der Waals surface area contributed by atoms with Crippen molar-refractivity contribution in [2.45, 2.75) is 49.1 Å². The van der Waals surface area contributed by atoms with Gasteiger partial charge in [-0.1, -0.05) is 20.3 Å². The van der Waals surface area contributed by atoms with Crippen molar-refractivity contribution in [1.29, 1.82) is 0 Å². The van der Waals surface area contributed by atoms with Gasteiger partial charge in [0, 0.05) is 12.1 Å². The van der Waals surface area contributed by atoms with Crippen LogP contribution in [-0.2, 0) is 19.4 Å². The number of ether oxygens (including phenoxy) is 1. The Hall–Kier alpha value is -3.68. The van der Waals surface area contributed by atoms with E-state index in [0.717, 1.165) is 23.5 Å². The molecular weight excluding hydrogens is 505 g/mol. The van der Waals surface area contributed by atoms with Gasteiger partial charge in [0.15, 0.2) is 0 Å². The van der Waals surface area contributed by atoms with E-state index in [9.17, 15) is 36.0 Å². The standard InChI is InChI=1S/C22H23F3N4O6S/c1-3-4-11-35-21(32)27-17-12-14(9-10-26-17)13(2)18-19(30)29(20(31)28-18)15-5-7-16(8-6-15)36(33,34)22(23,24)25/h5-10,12-13,18H,3-4,11H2,1-2H3,(H,28,31)(H,26,27,32). The molecule has 0 aliphatic carbocycles. The predicted molar refractivity (Wildman–Crippen MR) is 122 cm³/mol. The van der Waals surface area contributed by atoms with Gasteiger partial charge in [-0.3, -0.25) is 10.1 Å². The zero-order chi connectivity index (χ0) is 26.7. The number of pyridine rings is 1. The number of hydrogen-bond acceptors (Lipinski definition) is 7. The summed E-state index contributed by atoms with van der Waals surface area (Å²) < 4.78 is 66.4. The van der Waals surface area contributed by atoms with E-state index < -0.39 is 50.2 Å². The Morgan fingerprint density at radius 3 is 2.50 bits per heavy atom. The molecule has 1 aromatic heterocycles. The quantitative estimate of drug-likeness (QED) is 0.391. The van der Waals surface area contributed by atoms with Crippen LogP contribution in [0.3, 0.4) is 0 Å². The molecule has 10 nitrogen and oxygen atoms in total. The van der Waals surface area contributed by atoms with Crippen molar-refractivity contribution in [3.63, 3.8) is 0 Å². The molecule has 1 saturated heterocycles. The van der Waals surface area contributed by atoms with Crippen LogP contribution in [0.1, 0.15) is 38.2 Å². The molecule has 4 amide bonds. The molecule has 0 saturated carbocycles. The number of carbonyl (C=O) groups excluding carboxylic acids is 3. The Balaban J connectivity index is 1.75. The number of urea groups is 1. The topological polar surface area (TPSA) is 135 Å². The van der Waals surface area contributed by atoms with Crippen LogP contribution >= 0.6 is 0 Å². The molecule has 2 atom stereocenters. The Morgan fingerprint density at radius 2 is 1.89 bits per heavy atom. The maximum absolute atomic E-state index is 13.0. The van der Waals surface area contributed by atoms with Crippen molar-refractivity contribution in [2.75, 3.05) is 16.8 Å². The fourth-order valence-corrected chi connectivity index (χ4v) is 4.19. The molecule has 3 rings (SSSR count). The molecule has 0 spiro atoms. The first-order chi connectivity index (χ1) is 16.9. The summed E-state index contributed by atoms with van der Waals surface area (Å²) in [4.78, 5) is 41.1. The zero-order valence-corrected chi connectivity index (χ0v) is 20.0. The third-order valence-electron chi connectivity index (χ3n) is 5.45. The molecule has 2 aromatic rings. The number of unbranched alkanes of at least 4 members (excludes halogenated alkanes) is 1. The first-order valence-corrected chi connectivity index (χ1v) is 12.3. The lowest BCUT2D eigenvalue weighted by Gasteiger charge is -2.19. The summed E-state index contributed by atoms with van der Waals surface area (Å²) in [6, 6.07) is 4.50. The lowest BCUT2D eigenvalue weighted by molar-refractivity contribution is -0.118. The van der Waals surface area contributed by atoms with Crippen molar-refractivity contribution in [3.05, 3.63) is 48.2 Å². The Kier molecular flexibility index (Phi) is 7.86. The van der Waals surface area contributed by atoms with Crippen LogP contribution < -0.4 is 15.5 Å². The number of imide groups is 1. The first-order valence-electron chi connectivity index (χ1n) is 10.8. The van der Waals surface area contributed by atoms with Gasteiger partial charge in [0.1, 0.15) is 11.9 Å². The van der Waals surface area contributed by atoms with Gasteiger partial charge in [0.05, 0.1) is 17.2 Å². The van der Waals surface area contributed by atoms with Crippen molar-refractivity contribution >= 4 is 39.4 Å². The number of benzene rings is 1. The molecular formula is C22H23F3N4O6S. The summed E-state index contributed by atoms with van der Waals surface area (Å²) in [5.74, 6) is -1.10. The Bertz CT molecular complexity index is 1250. The molecule has 1 aliphatic rings. The average Bonchev–Trinajstić information content (AvgIpc) is 3.12. The van der Waals surface area contributed by atoms with Crippen LogP contribution in [0.2, 0.25) is 0 Å². The summed E-state index contributed by atoms with van der Waals surface area (Å²) in [6.07, 6.45) is 2.28. The minimum absolute atomic E-state index is 0.0970. The first kappa shape index (κ1) is 26.9. The number of anilines is 2. The van der Waals surface area contributed by atoms with Gasteiger partial charge in [0.25, 0.3) is 15.7 Å². The molecule has 14 heteroatoms. The van der Waals surface area contributed by atoms with Gasteiger partial charge in [-0.15, -0.1) is 0 Å². The maximum atomic E-state index is 13.0. The number of sulfone groups is 1. The molecule has 1 fully saturated rings. The minimum Gasteiger partial charge on any atom is -0.449 e. The molecule has 2 unspecified atom stereocenters. The number of alkyl halides is 3. The Labute approximate surface area is 204 Å². The number of rotatable bonds is 8. The minimum atomic E-state index is -5.57. The van der Waals surface area contributed by atoms with E-state index in [1.807, 2.05) is 6.92 Å². The van der Waals surface area contributed by atoms with Crippen LogP contribution in [-0.4, -0.2) is 49.6 Å². The second-order valence-electron chi connectivity index (χ2n) is 7.92. The number of nitrogens with one attached hydrogen (secondary N) is 2. The van der Waals surface area contributed by atoms with Crippen LogP contribution in [0.15, 0.2) is 47.5 Å². The van der Waals surface area contributed by atoms with E-state index in [1.165, 1.54) is 12.3 Å². The third kappa shape index (κ3) is 5.58. The summed E-state index contributed by atoms with van der Waals surface area (Å²) in [5, 5.41) is 5.01. The summed E-state index contributed by atoms with van der Waals surface area (Å²) >= 11 is 0. The van der Waals surface area contributed by atoms with E-state index in [4.69, 9.17) is 4.74 Å². The lowest BCUT2D eigenvalue weighted by Crippen LogP contribution is -2.35. The molecule has 194 valence electrons. The summed E-state index contributed by atoms with van der Waals surface area (Å²) in [5.41, 5.74) is -5.03. The fourth-order valence-electron chi connectivity index (χ4n) is 3.43. The van der Waals surface area contributed by atoms with Crippen molar-refractivity contribution in [3.8, 4) is 0 Å². The second-order valence-corrected chi connectivity index (χ2v) is 9.86. The van der Waals surface area contributed by atoms with Crippen molar-refractivity contribution in [1.82, 2.24) is 10.3 Å². The van der Waals surface area contributed by atoms with E-state index >= 15 is 0 Å². The molecule has 36 heavy (non-hydrogen) atoms. The molecule has 0 bridgehead atoms. The van der Waals surface area contributed by atoms with Gasteiger partial charge in [-0.25, -0.2) is 27.9 Å². The third-order valence-corrected chi connectivity index (χ3v) is 6.95. The predicted octanol–water partition coefficient (Wildman–Crippen LogP) is 3.95. The zero-order valence-electron chi connectivity index (χ0n) is 19.2. The van der Waals surface area contributed by atoms with E-state index in [1.54, 1.807) is 13.0 Å². The van der Waals surface area contributed by atoms with Crippen LogP contribution in [0.5, 0.6) is 0 Å². The van der Waals surface area contributed by atoms with Crippen LogP contribution in [0, 0.1) is 0 Å². The van der Waals surface area contributed by atoms with Crippen LogP contribution in [0.4, 0.5) is 34.3 Å². The van der Waals surface area contributed by atoms with E-state index in [2.05, 4.69) is 15.6 Å². The number of carbonyl (C=O) groups is 3. The average molecular weight is 529 g/mol. The maximum Gasteiger partial charge on any atom is 0.501 e. The largest absolute Gasteiger partial charge is 0.501 e. The van der Waals surface area contributed by atoms with Gasteiger partial charge < -0.3 is 10.1 Å². The number of amides is 4. The highest BCUT2D eigenvalue weighted by Gasteiger charge is 2.47. The number of aromatic nitrogens is 1. The second kappa shape index (κ2) is 10.5. The monoisotopic (exact) mass is 528 g/mol. The highest BCUT2D eigenvalue weighted by molar-refractivity contribution is 7.92. The van der Waals surface area contributed by atoms with Gasteiger partial charge in [-0.05, 0) is 48.4 Å². The van der Waals surface area contributed by atoms with Crippen molar-refractivity contribution < 1.29 is 40.7 Å². The highest BCUT2D eigenvalue weighted by atomic mass is 32.2. The molecule has 1 aliphatic heterocycles. The SMILES string of the molecule is CCCCOC(=O)Nc1cc(C(C)C2NC(=O)N(c3ccc(S(=O)(=O)C(F)(F)F)cc3)C2=O)ccn1. The van der Waals surface area contributed by atoms with Crippen molar-refractivity contribution in [2.24, 2.45) is 0 Å². The van der Waals surface area contributed by atoms with Gasteiger partial charge in [0.2, 0.25) is 0 Å². The number of halogens is 3. The number of nitrogens with zero attached hydrogens (tertiary/aromatic N) is 2. The van der Waals surface area contributed by atoms with E-state index in [-0.39, 0.29) is 18.1 Å². The molecule has 2 N–H and O–H groups in total. The highest BCUT2D eigenvalue weighted by Crippen LogP contribution is 2.33. The molecule has 1 aromatic carbocycles. The van der Waals surface area contributed by atoms with Gasteiger partial charge in [-0.2, -0.15) is 13.2 Å². The summed E-state index contributed by atoms with van der Waals surface area (Å²) in [6.45, 7) is 3.86. The van der Waals surface area contributed by atoms with E-state index in [0.29, 0.717) is 24.1 Å². The summed E-state index contributed by atoms with van der Waals surface area (Å²) in [7, 11) is -5.57. The smallest absolute Gasteiger partial charge is 0.449 e. The lowest BCUT2D eigenvalue weighted by atomic mass is 9.94. The fraction of sp³-hybridized carbons (Fsp3) is 0.364. The van der Waals surface area contributed by atoms with Crippen LogP contribution in [0.25, 0.3) is 0 Å². The normalized spacial score (nSPS) is 17.0. The molecule has 0 radical (unpaired) electrons. The Morgan fingerprint density at radius 1 is 1.22 bits per heavy atom. The van der Waals surface area contributed by atoms with Gasteiger partial charge >= 0.3 is 17.6 Å². The number of hydrogen-bond donors (Lipinski definition) is 2.